The summed E-state index contributed by atoms with van der Waals surface area (Å²) < 4.78 is 20.9. The molecule has 0 unspecified atom stereocenters. The van der Waals surface area contributed by atoms with Gasteiger partial charge >= 0.3 is 11.6 Å². The monoisotopic (exact) mass is 314 g/mol. The standard InChI is InChI=1S/C17H14O6/c1-9(18)22-11-6-13-16(15(8-11)21-3)12-5-4-10(20-2)7-14(12)23-17(13)19/h4-8H,1-3H3. The van der Waals surface area contributed by atoms with Crippen molar-refractivity contribution in [3.63, 3.8) is 0 Å². The summed E-state index contributed by atoms with van der Waals surface area (Å²) in [6.07, 6.45) is 0. The molecule has 118 valence electrons. The summed E-state index contributed by atoms with van der Waals surface area (Å²) in [6, 6.07) is 8.21. The number of benzene rings is 2. The van der Waals surface area contributed by atoms with Gasteiger partial charge in [-0.15, -0.1) is 0 Å². The van der Waals surface area contributed by atoms with E-state index in [2.05, 4.69) is 0 Å². The van der Waals surface area contributed by atoms with E-state index in [1.807, 2.05) is 0 Å². The predicted octanol–water partition coefficient (Wildman–Crippen LogP) is 2.89. The van der Waals surface area contributed by atoms with Crippen LogP contribution in [0.2, 0.25) is 0 Å². The Kier molecular flexibility index (Phi) is 3.65. The van der Waals surface area contributed by atoms with Crippen LogP contribution in [0.5, 0.6) is 17.2 Å². The highest BCUT2D eigenvalue weighted by atomic mass is 16.5. The fourth-order valence-corrected chi connectivity index (χ4v) is 2.49. The Morgan fingerprint density at radius 1 is 1.00 bits per heavy atom. The van der Waals surface area contributed by atoms with Crippen LogP contribution < -0.4 is 19.8 Å². The SMILES string of the molecule is COc1ccc2c(c1)oc(=O)c1cc(OC(C)=O)cc(OC)c12. The molecule has 1 heterocycles. The third kappa shape index (κ3) is 2.59. The Morgan fingerprint density at radius 2 is 1.78 bits per heavy atom. The number of fused-ring (bicyclic) bond motifs is 3. The molecule has 0 fully saturated rings. The minimum absolute atomic E-state index is 0.224. The molecule has 0 radical (unpaired) electrons. The highest BCUT2D eigenvalue weighted by Gasteiger charge is 2.15. The number of esters is 1. The van der Waals surface area contributed by atoms with Crippen molar-refractivity contribution in [2.75, 3.05) is 14.2 Å². The van der Waals surface area contributed by atoms with Gasteiger partial charge in [-0.05, 0) is 18.2 Å². The van der Waals surface area contributed by atoms with Crippen molar-refractivity contribution in [2.45, 2.75) is 6.92 Å². The van der Waals surface area contributed by atoms with E-state index in [0.29, 0.717) is 27.9 Å². The van der Waals surface area contributed by atoms with Gasteiger partial charge in [-0.1, -0.05) is 0 Å². The molecule has 6 heteroatoms. The quantitative estimate of drug-likeness (QED) is 0.320. The molecule has 0 aliphatic carbocycles. The van der Waals surface area contributed by atoms with Gasteiger partial charge in [-0.3, -0.25) is 4.79 Å². The van der Waals surface area contributed by atoms with Crippen LogP contribution in [0, 0.1) is 0 Å². The molecule has 1 aromatic heterocycles. The summed E-state index contributed by atoms with van der Waals surface area (Å²) in [7, 11) is 3.02. The minimum Gasteiger partial charge on any atom is -0.497 e. The van der Waals surface area contributed by atoms with Crippen molar-refractivity contribution in [3.05, 3.63) is 40.8 Å². The normalized spacial score (nSPS) is 10.7. The Hall–Kier alpha value is -3.02. The third-order valence-corrected chi connectivity index (χ3v) is 3.44. The molecule has 0 atom stereocenters. The van der Waals surface area contributed by atoms with E-state index in [9.17, 15) is 9.59 Å². The summed E-state index contributed by atoms with van der Waals surface area (Å²) in [5, 5.41) is 1.57. The number of rotatable bonds is 3. The molecule has 0 aliphatic heterocycles. The van der Waals surface area contributed by atoms with Gasteiger partial charge in [0.15, 0.2) is 0 Å². The molecule has 23 heavy (non-hydrogen) atoms. The lowest BCUT2D eigenvalue weighted by molar-refractivity contribution is -0.131. The first-order valence-electron chi connectivity index (χ1n) is 6.84. The summed E-state index contributed by atoms with van der Waals surface area (Å²) in [4.78, 5) is 23.4. The van der Waals surface area contributed by atoms with E-state index >= 15 is 0 Å². The van der Waals surface area contributed by atoms with Gasteiger partial charge in [0, 0.05) is 29.8 Å². The maximum absolute atomic E-state index is 12.3. The topological polar surface area (TPSA) is 75.0 Å². The average Bonchev–Trinajstić information content (AvgIpc) is 2.53. The molecule has 0 amide bonds. The van der Waals surface area contributed by atoms with Crippen molar-refractivity contribution in [1.82, 2.24) is 0 Å². The second-order valence-electron chi connectivity index (χ2n) is 4.89. The van der Waals surface area contributed by atoms with Crippen molar-refractivity contribution in [3.8, 4) is 17.2 Å². The average molecular weight is 314 g/mol. The number of hydrogen-bond donors (Lipinski definition) is 0. The smallest absolute Gasteiger partial charge is 0.344 e. The van der Waals surface area contributed by atoms with E-state index < -0.39 is 11.6 Å². The fourth-order valence-electron chi connectivity index (χ4n) is 2.49. The van der Waals surface area contributed by atoms with Crippen LogP contribution in [0.3, 0.4) is 0 Å². The third-order valence-electron chi connectivity index (χ3n) is 3.44. The van der Waals surface area contributed by atoms with E-state index in [0.717, 1.165) is 0 Å². The van der Waals surface area contributed by atoms with Crippen molar-refractivity contribution < 1.29 is 23.4 Å². The van der Waals surface area contributed by atoms with E-state index in [-0.39, 0.29) is 11.1 Å². The van der Waals surface area contributed by atoms with Gasteiger partial charge in [-0.2, -0.15) is 0 Å². The molecular formula is C17H14O6. The summed E-state index contributed by atoms with van der Waals surface area (Å²) in [5.41, 5.74) is -0.159. The van der Waals surface area contributed by atoms with Crippen LogP contribution in [0.1, 0.15) is 6.92 Å². The number of ether oxygens (including phenoxy) is 3. The number of carbonyl (C=O) groups is 1. The molecular weight excluding hydrogens is 300 g/mol. The van der Waals surface area contributed by atoms with Crippen molar-refractivity contribution in [2.24, 2.45) is 0 Å². The second kappa shape index (κ2) is 5.64. The van der Waals surface area contributed by atoms with Crippen molar-refractivity contribution in [1.29, 1.82) is 0 Å². The van der Waals surface area contributed by atoms with Gasteiger partial charge < -0.3 is 18.6 Å². The second-order valence-corrected chi connectivity index (χ2v) is 4.89. The predicted molar refractivity (Wildman–Crippen MR) is 84.4 cm³/mol. The molecule has 0 spiro atoms. The Labute approximate surface area is 131 Å². The van der Waals surface area contributed by atoms with E-state index in [4.69, 9.17) is 18.6 Å². The lowest BCUT2D eigenvalue weighted by Crippen LogP contribution is -2.05. The zero-order valence-corrected chi connectivity index (χ0v) is 12.8. The molecule has 0 bridgehead atoms. The molecule has 0 aliphatic rings. The Bertz CT molecular complexity index is 970. The number of carbonyl (C=O) groups excluding carboxylic acids is 1. The largest absolute Gasteiger partial charge is 0.497 e. The molecule has 0 saturated carbocycles. The molecule has 3 aromatic rings. The zero-order chi connectivity index (χ0) is 16.6. The summed E-state index contributed by atoms with van der Waals surface area (Å²) in [5.74, 6) is 0.737. The van der Waals surface area contributed by atoms with Gasteiger partial charge in [0.2, 0.25) is 0 Å². The van der Waals surface area contributed by atoms with Crippen LogP contribution in [0.4, 0.5) is 0 Å². The molecule has 0 N–H and O–H groups in total. The van der Waals surface area contributed by atoms with Crippen LogP contribution >= 0.6 is 0 Å². The van der Waals surface area contributed by atoms with Crippen LogP contribution in [0.15, 0.2) is 39.5 Å². The minimum atomic E-state index is -0.548. The fraction of sp³-hybridized carbons (Fsp3) is 0.176. The summed E-state index contributed by atoms with van der Waals surface area (Å²) >= 11 is 0. The number of hydrogen-bond acceptors (Lipinski definition) is 6. The molecule has 6 nitrogen and oxygen atoms in total. The maximum Gasteiger partial charge on any atom is 0.344 e. The van der Waals surface area contributed by atoms with Crippen molar-refractivity contribution >= 4 is 27.7 Å². The van der Waals surface area contributed by atoms with Gasteiger partial charge in [0.05, 0.1) is 19.6 Å². The molecule has 2 aromatic carbocycles. The van der Waals surface area contributed by atoms with Crippen LogP contribution in [0.25, 0.3) is 21.7 Å². The van der Waals surface area contributed by atoms with E-state index in [1.54, 1.807) is 24.3 Å². The molecule has 0 saturated heterocycles. The highest BCUT2D eigenvalue weighted by Crippen LogP contribution is 2.35. The van der Waals surface area contributed by atoms with Gasteiger partial charge in [0.25, 0.3) is 0 Å². The summed E-state index contributed by atoms with van der Waals surface area (Å²) in [6.45, 7) is 1.28. The first-order valence-corrected chi connectivity index (χ1v) is 6.84. The maximum atomic E-state index is 12.3. The Morgan fingerprint density at radius 3 is 2.43 bits per heavy atom. The van der Waals surface area contributed by atoms with Gasteiger partial charge in [0.1, 0.15) is 22.8 Å². The van der Waals surface area contributed by atoms with Crippen LogP contribution in [-0.4, -0.2) is 20.2 Å². The van der Waals surface area contributed by atoms with Gasteiger partial charge in [-0.25, -0.2) is 4.79 Å². The lowest BCUT2D eigenvalue weighted by Gasteiger charge is -2.11. The number of methoxy groups -OCH3 is 2. The lowest BCUT2D eigenvalue weighted by atomic mass is 10.1. The van der Waals surface area contributed by atoms with Crippen LogP contribution in [-0.2, 0) is 4.79 Å². The Balaban J connectivity index is 2.40. The highest BCUT2D eigenvalue weighted by molar-refractivity contribution is 6.08. The van der Waals surface area contributed by atoms with E-state index in [1.165, 1.54) is 27.2 Å². The molecule has 3 rings (SSSR count). The first kappa shape index (κ1) is 14.9. The zero-order valence-electron chi connectivity index (χ0n) is 12.8. The first-order chi connectivity index (χ1) is 11.0.